The highest BCUT2D eigenvalue weighted by molar-refractivity contribution is 6.32. The van der Waals surface area contributed by atoms with E-state index in [0.29, 0.717) is 23.7 Å². The lowest BCUT2D eigenvalue weighted by molar-refractivity contribution is -0.142. The van der Waals surface area contributed by atoms with Crippen molar-refractivity contribution in [2.45, 2.75) is 44.8 Å². The number of halogens is 2. The summed E-state index contributed by atoms with van der Waals surface area (Å²) < 4.78 is 10.6. The van der Waals surface area contributed by atoms with E-state index in [2.05, 4.69) is 26.1 Å². The number of rotatable bonds is 3. The molecule has 1 saturated heterocycles. The van der Waals surface area contributed by atoms with Gasteiger partial charge in [-0.3, -0.25) is 4.79 Å². The van der Waals surface area contributed by atoms with E-state index in [0.717, 1.165) is 5.56 Å². The molecule has 0 radical (unpaired) electrons. The molecule has 2 unspecified atom stereocenters. The quantitative estimate of drug-likeness (QED) is 0.851. The minimum Gasteiger partial charge on any atom is -0.487 e. The fraction of sp³-hybridized carbons (Fsp3) is 0.562. The van der Waals surface area contributed by atoms with Crippen LogP contribution in [0.25, 0.3) is 0 Å². The summed E-state index contributed by atoms with van der Waals surface area (Å²) in [7, 11) is 1.39. The summed E-state index contributed by atoms with van der Waals surface area (Å²) in [5.41, 5.74) is 1.21. The SMILES string of the molecule is COC(=O)C1CC(Oc2ccc(C(C)(C)C)cc2Cl)CN1.Cl. The minimum atomic E-state index is -0.298. The number of carbonyl (C=O) groups excluding carboxylic acids is 1. The van der Waals surface area contributed by atoms with Crippen LogP contribution in [0.2, 0.25) is 5.02 Å². The number of benzene rings is 1. The zero-order valence-electron chi connectivity index (χ0n) is 13.3. The van der Waals surface area contributed by atoms with Gasteiger partial charge >= 0.3 is 5.97 Å². The molecule has 0 saturated carbocycles. The van der Waals surface area contributed by atoms with Crippen LogP contribution in [0.1, 0.15) is 32.8 Å². The van der Waals surface area contributed by atoms with Gasteiger partial charge in [-0.25, -0.2) is 0 Å². The number of esters is 1. The van der Waals surface area contributed by atoms with Crippen LogP contribution in [-0.4, -0.2) is 31.8 Å². The number of hydrogen-bond acceptors (Lipinski definition) is 4. The molecule has 6 heteroatoms. The van der Waals surface area contributed by atoms with Crippen LogP contribution in [0.5, 0.6) is 5.75 Å². The zero-order chi connectivity index (χ0) is 15.6. The number of methoxy groups -OCH3 is 1. The van der Waals surface area contributed by atoms with Gasteiger partial charge in [0.25, 0.3) is 0 Å². The minimum absolute atomic E-state index is 0. The molecule has 1 aliphatic heterocycles. The van der Waals surface area contributed by atoms with E-state index in [4.69, 9.17) is 21.1 Å². The molecule has 2 rings (SSSR count). The van der Waals surface area contributed by atoms with Gasteiger partial charge in [-0.2, -0.15) is 0 Å². The van der Waals surface area contributed by atoms with Crippen molar-refractivity contribution in [3.05, 3.63) is 28.8 Å². The Morgan fingerprint density at radius 1 is 1.36 bits per heavy atom. The highest BCUT2D eigenvalue weighted by atomic mass is 35.5. The molecule has 1 N–H and O–H groups in total. The summed E-state index contributed by atoms with van der Waals surface area (Å²) in [5, 5.41) is 3.69. The average molecular weight is 348 g/mol. The number of ether oxygens (including phenoxy) is 2. The lowest BCUT2D eigenvalue weighted by atomic mass is 9.87. The molecule has 4 nitrogen and oxygen atoms in total. The van der Waals surface area contributed by atoms with Crippen molar-refractivity contribution in [3.63, 3.8) is 0 Å². The van der Waals surface area contributed by atoms with Crippen molar-refractivity contribution in [1.29, 1.82) is 0 Å². The van der Waals surface area contributed by atoms with Gasteiger partial charge in [-0.1, -0.05) is 38.4 Å². The van der Waals surface area contributed by atoms with Gasteiger partial charge in [-0.05, 0) is 23.1 Å². The third kappa shape index (κ3) is 4.51. The number of nitrogens with one attached hydrogen (secondary N) is 1. The maximum Gasteiger partial charge on any atom is 0.323 e. The summed E-state index contributed by atoms with van der Waals surface area (Å²) in [6.45, 7) is 7.03. The molecule has 1 aliphatic rings. The Morgan fingerprint density at radius 3 is 2.59 bits per heavy atom. The van der Waals surface area contributed by atoms with Crippen LogP contribution in [0.3, 0.4) is 0 Å². The Bertz CT molecular complexity index is 529. The average Bonchev–Trinajstić information content (AvgIpc) is 2.87. The van der Waals surface area contributed by atoms with Gasteiger partial charge in [0.15, 0.2) is 0 Å². The summed E-state index contributed by atoms with van der Waals surface area (Å²) in [6, 6.07) is 5.57. The van der Waals surface area contributed by atoms with Crippen LogP contribution >= 0.6 is 24.0 Å². The van der Waals surface area contributed by atoms with Gasteiger partial charge in [0, 0.05) is 13.0 Å². The van der Waals surface area contributed by atoms with Gasteiger partial charge in [0.1, 0.15) is 17.9 Å². The molecule has 1 aromatic rings. The number of hydrogen-bond donors (Lipinski definition) is 1. The van der Waals surface area contributed by atoms with Crippen molar-refractivity contribution < 1.29 is 14.3 Å². The molecule has 0 amide bonds. The Hall–Kier alpha value is -0.970. The van der Waals surface area contributed by atoms with E-state index in [9.17, 15) is 4.79 Å². The highest BCUT2D eigenvalue weighted by Gasteiger charge is 2.31. The zero-order valence-corrected chi connectivity index (χ0v) is 14.9. The molecule has 124 valence electrons. The summed E-state index contributed by atoms with van der Waals surface area (Å²) in [6.07, 6.45) is 0.511. The van der Waals surface area contributed by atoms with E-state index >= 15 is 0 Å². The Labute approximate surface area is 142 Å². The van der Waals surface area contributed by atoms with Crippen LogP contribution in [0.15, 0.2) is 18.2 Å². The monoisotopic (exact) mass is 347 g/mol. The Morgan fingerprint density at radius 2 is 2.05 bits per heavy atom. The topological polar surface area (TPSA) is 47.6 Å². The maximum atomic E-state index is 11.5. The summed E-state index contributed by atoms with van der Waals surface area (Å²) in [4.78, 5) is 11.5. The van der Waals surface area contributed by atoms with Gasteiger partial charge < -0.3 is 14.8 Å². The molecular weight excluding hydrogens is 325 g/mol. The van der Waals surface area contributed by atoms with E-state index in [1.807, 2.05) is 18.2 Å². The standard InChI is InChI=1S/C16H22ClNO3.ClH/c1-16(2,3)10-5-6-14(12(17)7-10)21-11-8-13(18-9-11)15(19)20-4;/h5-7,11,13,18H,8-9H2,1-4H3;1H. The first-order chi connectivity index (χ1) is 9.81. The summed E-state index contributed by atoms with van der Waals surface area (Å²) >= 11 is 6.30. The molecular formula is C16H23Cl2NO3. The van der Waals surface area contributed by atoms with Crippen molar-refractivity contribution in [3.8, 4) is 5.75 Å². The highest BCUT2D eigenvalue weighted by Crippen LogP contribution is 2.32. The van der Waals surface area contributed by atoms with Crippen LogP contribution < -0.4 is 10.1 Å². The third-order valence-electron chi connectivity index (χ3n) is 3.67. The normalized spacial score (nSPS) is 21.1. The fourth-order valence-corrected chi connectivity index (χ4v) is 2.58. The first kappa shape index (κ1) is 19.1. The van der Waals surface area contributed by atoms with Gasteiger partial charge in [0.05, 0.1) is 12.1 Å². The lowest BCUT2D eigenvalue weighted by Crippen LogP contribution is -2.31. The molecule has 1 heterocycles. The van der Waals surface area contributed by atoms with Crippen LogP contribution in [-0.2, 0) is 14.9 Å². The van der Waals surface area contributed by atoms with Gasteiger partial charge in [0.2, 0.25) is 0 Å². The van der Waals surface area contributed by atoms with Crippen molar-refractivity contribution in [2.24, 2.45) is 0 Å². The van der Waals surface area contributed by atoms with Crippen molar-refractivity contribution >= 4 is 30.0 Å². The molecule has 1 fully saturated rings. The predicted octanol–water partition coefficient (Wildman–Crippen LogP) is 3.34. The van der Waals surface area contributed by atoms with Crippen LogP contribution in [0, 0.1) is 0 Å². The third-order valence-corrected chi connectivity index (χ3v) is 3.96. The van der Waals surface area contributed by atoms with E-state index < -0.39 is 0 Å². The maximum absolute atomic E-state index is 11.5. The second kappa shape index (κ2) is 7.53. The second-order valence-corrected chi connectivity index (χ2v) is 6.76. The molecule has 22 heavy (non-hydrogen) atoms. The van der Waals surface area contributed by atoms with Crippen LogP contribution in [0.4, 0.5) is 0 Å². The van der Waals surface area contributed by atoms with Gasteiger partial charge in [-0.15, -0.1) is 12.4 Å². The molecule has 1 aromatic carbocycles. The van der Waals surface area contributed by atoms with Crippen molar-refractivity contribution in [2.75, 3.05) is 13.7 Å². The first-order valence-electron chi connectivity index (χ1n) is 7.09. The molecule has 0 spiro atoms. The van der Waals surface area contributed by atoms with E-state index in [-0.39, 0.29) is 35.9 Å². The Balaban J connectivity index is 0.00000242. The molecule has 0 aliphatic carbocycles. The Kier molecular flexibility index (Phi) is 6.53. The largest absolute Gasteiger partial charge is 0.487 e. The lowest BCUT2D eigenvalue weighted by Gasteiger charge is -2.21. The molecule has 2 atom stereocenters. The first-order valence-corrected chi connectivity index (χ1v) is 7.47. The molecule has 0 aromatic heterocycles. The smallest absolute Gasteiger partial charge is 0.323 e. The fourth-order valence-electron chi connectivity index (χ4n) is 2.36. The second-order valence-electron chi connectivity index (χ2n) is 6.35. The summed E-state index contributed by atoms with van der Waals surface area (Å²) in [5.74, 6) is 0.400. The molecule has 0 bridgehead atoms. The predicted molar refractivity (Wildman–Crippen MR) is 90.2 cm³/mol. The number of carbonyl (C=O) groups is 1. The van der Waals surface area contributed by atoms with Crippen molar-refractivity contribution in [1.82, 2.24) is 5.32 Å². The van der Waals surface area contributed by atoms with E-state index in [1.165, 1.54) is 7.11 Å². The van der Waals surface area contributed by atoms with E-state index in [1.54, 1.807) is 0 Å².